The fraction of sp³-hybridized carbons (Fsp3) is 0.903. The Bertz CT molecular complexity index is 1300. The molecule has 0 bridgehead atoms. The molecule has 0 aromatic heterocycles. The van der Waals surface area contributed by atoms with E-state index in [1.165, 1.54) is 0 Å². The van der Waals surface area contributed by atoms with E-state index in [0.29, 0.717) is 0 Å². The van der Waals surface area contributed by atoms with Crippen molar-refractivity contribution in [2.45, 2.75) is 142 Å². The summed E-state index contributed by atoms with van der Waals surface area (Å²) in [5, 5.41) is 160. The van der Waals surface area contributed by atoms with Crippen LogP contribution in [0.2, 0.25) is 0 Å². The Balaban J connectivity index is 2.08. The Morgan fingerprint density at radius 2 is 1.30 bits per heavy atom. The molecule has 26 nitrogen and oxygen atoms in total. The average Bonchev–Trinajstić information content (AvgIpc) is 3.17. The van der Waals surface area contributed by atoms with Crippen LogP contribution in [0.4, 0.5) is 0 Å². The van der Waals surface area contributed by atoms with Crippen molar-refractivity contribution in [2.24, 2.45) is 0 Å². The number of carbonyl (C=O) groups is 3. The topological polar surface area (TPSA) is 434 Å². The second-order valence-electron chi connectivity index (χ2n) is 13.8. The summed E-state index contributed by atoms with van der Waals surface area (Å²) in [6.45, 7) is -3.16. The molecular formula is C31H54N2O24. The number of carboxylic acids is 1. The van der Waals surface area contributed by atoms with Crippen molar-refractivity contribution >= 4 is 17.8 Å². The molecule has 3 fully saturated rings. The predicted molar refractivity (Wildman–Crippen MR) is 176 cm³/mol. The molecule has 26 heteroatoms. The van der Waals surface area contributed by atoms with Gasteiger partial charge < -0.3 is 116 Å². The fourth-order valence-electron chi connectivity index (χ4n) is 6.55. The van der Waals surface area contributed by atoms with Gasteiger partial charge in [0.05, 0.1) is 45.2 Å². The van der Waals surface area contributed by atoms with Gasteiger partial charge in [-0.3, -0.25) is 9.59 Å². The maximum atomic E-state index is 12.9. The molecular weight excluding hydrogens is 784 g/mol. The minimum Gasteiger partial charge on any atom is -0.477 e. The van der Waals surface area contributed by atoms with Crippen molar-refractivity contribution in [3.63, 3.8) is 0 Å². The summed E-state index contributed by atoms with van der Waals surface area (Å²) in [7, 11) is 0. The number of hydrogen-bond donors (Lipinski definition) is 17. The fourth-order valence-corrected chi connectivity index (χ4v) is 6.55. The molecule has 3 aliphatic rings. The number of aliphatic hydroxyl groups excluding tert-OH is 14. The molecule has 17 N–H and O–H groups in total. The van der Waals surface area contributed by atoms with Gasteiger partial charge in [0.1, 0.15) is 91.5 Å². The van der Waals surface area contributed by atoms with Gasteiger partial charge in [-0.2, -0.15) is 0 Å². The lowest BCUT2D eigenvalue weighted by atomic mass is 9.88. The third-order valence-electron chi connectivity index (χ3n) is 9.61. The van der Waals surface area contributed by atoms with E-state index in [1.807, 2.05) is 0 Å². The van der Waals surface area contributed by atoms with E-state index >= 15 is 0 Å². The zero-order valence-electron chi connectivity index (χ0n) is 30.6. The van der Waals surface area contributed by atoms with E-state index in [1.54, 1.807) is 0 Å². The van der Waals surface area contributed by atoms with Crippen LogP contribution >= 0.6 is 0 Å². The lowest BCUT2D eigenvalue weighted by molar-refractivity contribution is -0.380. The molecule has 2 amide bonds. The SMILES string of the molecule is CC(=O)N[C@H]1[C@H]([C@H](O)[C@H](O)CO)O[C@@](O[C@H]2[C@@H](O)[C@@H](COC3O[C@H](CO)[C@H](O)[C@H](O)[C@H]3NC(C)=O)O[C@@H](O[C@@H]([C@H](O)[C@@H](O)CO)[C@H](O)CO)[C@@H]2O)(C(=O)O)C[C@@H]1O. The first kappa shape index (κ1) is 49.0. The lowest BCUT2D eigenvalue weighted by Gasteiger charge is -2.50. The molecule has 0 saturated carbocycles. The van der Waals surface area contributed by atoms with E-state index in [2.05, 4.69) is 10.6 Å². The van der Waals surface area contributed by atoms with Crippen LogP contribution in [0.15, 0.2) is 0 Å². The third kappa shape index (κ3) is 11.5. The van der Waals surface area contributed by atoms with Gasteiger partial charge in [0, 0.05) is 20.3 Å². The van der Waals surface area contributed by atoms with Crippen LogP contribution in [0.1, 0.15) is 20.3 Å². The standard InChI is InChI=1S/C31H54N2O24/c1-9(38)32-17-11(40)3-31(30(50)51,56-26(17)20(45)13(42)5-35)57-27-22(47)16(8-52-28-18(33-10(2)39)23(48)21(46)15(7-37)53-28)54-29(24(27)49)55-25(14(43)6-36)19(44)12(41)4-34/h11-29,34-37,40-49H,3-8H2,1-2H3,(H,32,38)(H,33,39)(H,50,51)/t11-,12-,13+,14+,15+,16+,17+,18+,19+,20+,21-,22-,23+,24+,25+,26+,27-,28?,29-,31-/m0/s1. The van der Waals surface area contributed by atoms with Crippen LogP contribution in [-0.2, 0) is 42.8 Å². The number of carbonyl (C=O) groups excluding carboxylic acids is 2. The van der Waals surface area contributed by atoms with Crippen molar-refractivity contribution in [2.75, 3.05) is 33.0 Å². The van der Waals surface area contributed by atoms with Gasteiger partial charge >= 0.3 is 5.97 Å². The predicted octanol–water partition coefficient (Wildman–Crippen LogP) is -10.6. The van der Waals surface area contributed by atoms with Crippen LogP contribution in [0.3, 0.4) is 0 Å². The maximum Gasteiger partial charge on any atom is 0.364 e. The van der Waals surface area contributed by atoms with Gasteiger partial charge in [-0.15, -0.1) is 0 Å². The van der Waals surface area contributed by atoms with Gasteiger partial charge in [-0.25, -0.2) is 4.79 Å². The van der Waals surface area contributed by atoms with Crippen molar-refractivity contribution < 1.29 is 119 Å². The van der Waals surface area contributed by atoms with Crippen molar-refractivity contribution in [3.05, 3.63) is 0 Å². The molecule has 0 spiro atoms. The van der Waals surface area contributed by atoms with Crippen molar-refractivity contribution in [1.82, 2.24) is 10.6 Å². The van der Waals surface area contributed by atoms with Crippen LogP contribution in [0.25, 0.3) is 0 Å². The summed E-state index contributed by atoms with van der Waals surface area (Å²) < 4.78 is 33.6. The lowest BCUT2D eigenvalue weighted by Crippen LogP contribution is -2.70. The second-order valence-corrected chi connectivity index (χ2v) is 13.8. The molecule has 0 aliphatic carbocycles. The summed E-state index contributed by atoms with van der Waals surface area (Å²) in [5.41, 5.74) is 0. The first-order valence-electron chi connectivity index (χ1n) is 17.6. The second kappa shape index (κ2) is 21.2. The van der Waals surface area contributed by atoms with Crippen LogP contribution in [0, 0.1) is 0 Å². The molecule has 20 atom stereocenters. The molecule has 3 saturated heterocycles. The Morgan fingerprint density at radius 1 is 0.737 bits per heavy atom. The molecule has 3 rings (SSSR count). The van der Waals surface area contributed by atoms with Crippen molar-refractivity contribution in [1.29, 1.82) is 0 Å². The van der Waals surface area contributed by atoms with Gasteiger partial charge in [0.25, 0.3) is 5.79 Å². The van der Waals surface area contributed by atoms with E-state index in [-0.39, 0.29) is 0 Å². The average molecular weight is 839 g/mol. The molecule has 3 aliphatic heterocycles. The molecule has 57 heavy (non-hydrogen) atoms. The van der Waals surface area contributed by atoms with E-state index in [0.717, 1.165) is 13.8 Å². The molecule has 0 radical (unpaired) electrons. The number of aliphatic hydroxyl groups is 14. The third-order valence-corrected chi connectivity index (χ3v) is 9.61. The van der Waals surface area contributed by atoms with Crippen LogP contribution in [0.5, 0.6) is 0 Å². The largest absolute Gasteiger partial charge is 0.477 e. The highest BCUT2D eigenvalue weighted by atomic mass is 16.8. The van der Waals surface area contributed by atoms with E-state index in [4.69, 9.17) is 28.4 Å². The van der Waals surface area contributed by atoms with Gasteiger partial charge in [-0.1, -0.05) is 0 Å². The van der Waals surface area contributed by atoms with Crippen LogP contribution < -0.4 is 10.6 Å². The molecule has 3 heterocycles. The number of nitrogens with one attached hydrogen (secondary N) is 2. The molecule has 1 unspecified atom stereocenters. The molecule has 0 aromatic carbocycles. The number of amides is 2. The smallest absolute Gasteiger partial charge is 0.364 e. The van der Waals surface area contributed by atoms with Gasteiger partial charge in [0.2, 0.25) is 11.8 Å². The highest BCUT2D eigenvalue weighted by Crippen LogP contribution is 2.38. The highest BCUT2D eigenvalue weighted by molar-refractivity contribution is 5.76. The van der Waals surface area contributed by atoms with Crippen molar-refractivity contribution in [3.8, 4) is 0 Å². The number of rotatable bonds is 19. The summed E-state index contributed by atoms with van der Waals surface area (Å²) in [6.07, 6.45) is -35.9. The Hall–Kier alpha value is -2.39. The van der Waals surface area contributed by atoms with E-state index in [9.17, 15) is 91.0 Å². The zero-order valence-corrected chi connectivity index (χ0v) is 30.6. The minimum absolute atomic E-state index is 0.744. The Morgan fingerprint density at radius 3 is 1.82 bits per heavy atom. The molecule has 0 aromatic rings. The Labute approximate surface area is 323 Å². The maximum absolute atomic E-state index is 12.9. The number of hydrogen-bond acceptors (Lipinski definition) is 23. The molecule has 332 valence electrons. The quantitative estimate of drug-likeness (QED) is 0.0574. The summed E-state index contributed by atoms with van der Waals surface area (Å²) in [6, 6.07) is -3.19. The highest BCUT2D eigenvalue weighted by Gasteiger charge is 2.60. The Kier molecular flexibility index (Phi) is 18.2. The van der Waals surface area contributed by atoms with Crippen LogP contribution in [-0.4, -0.2) is 249 Å². The summed E-state index contributed by atoms with van der Waals surface area (Å²) in [5.74, 6) is -6.85. The number of aliphatic carboxylic acids is 1. The minimum atomic E-state index is -3.21. The number of carboxylic acid groups (broad SMARTS) is 1. The first-order valence-corrected chi connectivity index (χ1v) is 17.6. The summed E-state index contributed by atoms with van der Waals surface area (Å²) in [4.78, 5) is 36.8. The number of ether oxygens (including phenoxy) is 6. The van der Waals surface area contributed by atoms with E-state index < -0.39 is 179 Å². The van der Waals surface area contributed by atoms with Gasteiger partial charge in [0.15, 0.2) is 12.6 Å². The monoisotopic (exact) mass is 838 g/mol. The zero-order chi connectivity index (χ0) is 43.1. The normalized spacial score (nSPS) is 39.3. The summed E-state index contributed by atoms with van der Waals surface area (Å²) >= 11 is 0. The van der Waals surface area contributed by atoms with Gasteiger partial charge in [-0.05, 0) is 0 Å². The first-order chi connectivity index (χ1) is 26.7.